The van der Waals surface area contributed by atoms with Crippen LogP contribution in [0.3, 0.4) is 0 Å². The third kappa shape index (κ3) is 7.27. The molecule has 10 rings (SSSR count). The summed E-state index contributed by atoms with van der Waals surface area (Å²) in [4.78, 5) is 18.4. The first kappa shape index (κ1) is 35.8. The van der Waals surface area contributed by atoms with Crippen LogP contribution in [0.15, 0.2) is 170 Å². The number of hydrogen-bond donors (Lipinski definition) is 3. The highest BCUT2D eigenvalue weighted by molar-refractivity contribution is 7.80. The highest BCUT2D eigenvalue weighted by atomic mass is 32.1. The Hall–Kier alpha value is -7.61. The van der Waals surface area contributed by atoms with E-state index in [2.05, 4.69) is 161 Å². The second kappa shape index (κ2) is 15.7. The standard InChI is InChI=1S/C52H37N5OS/c59-52(53-33-34-13-5-1-6-14-34)58-39-23-21-38(22-24-39)51-46-31-29-44(56-46)49(36-17-9-3-10-18-36)42-27-25-40(54-42)48(35-15-7-2-8-16-35)41-26-28-43(55-41)50(37-19-11-4-12-20-37)45-30-32-47(51)57-45/h1-32,54,57H,33H2,(H,53,59). The van der Waals surface area contributed by atoms with E-state index in [0.29, 0.717) is 17.5 Å². The monoisotopic (exact) mass is 779 g/mol. The second-order valence-electron chi connectivity index (χ2n) is 14.4. The first-order valence-corrected chi connectivity index (χ1v) is 20.0. The molecule has 0 amide bonds. The molecule has 2 aliphatic heterocycles. The fraction of sp³-hybridized carbons (Fsp3) is 0.0192. The van der Waals surface area contributed by atoms with Crippen molar-refractivity contribution in [2.24, 2.45) is 0 Å². The summed E-state index contributed by atoms with van der Waals surface area (Å²) < 4.78 is 6.05. The summed E-state index contributed by atoms with van der Waals surface area (Å²) in [6.45, 7) is 0.581. The number of aromatic nitrogens is 4. The van der Waals surface area contributed by atoms with Crippen LogP contribution >= 0.6 is 12.2 Å². The molecule has 0 saturated heterocycles. The molecule has 282 valence electrons. The Kier molecular flexibility index (Phi) is 9.54. The highest BCUT2D eigenvalue weighted by Crippen LogP contribution is 2.38. The van der Waals surface area contributed by atoms with Crippen molar-refractivity contribution in [2.45, 2.75) is 6.54 Å². The van der Waals surface area contributed by atoms with Gasteiger partial charge in [-0.2, -0.15) is 0 Å². The molecule has 5 aromatic carbocycles. The zero-order valence-corrected chi connectivity index (χ0v) is 32.7. The van der Waals surface area contributed by atoms with Crippen molar-refractivity contribution in [3.63, 3.8) is 0 Å². The maximum absolute atomic E-state index is 6.05. The lowest BCUT2D eigenvalue weighted by Crippen LogP contribution is -2.25. The number of aromatic amines is 2. The van der Waals surface area contributed by atoms with E-state index in [-0.39, 0.29) is 0 Å². The molecular formula is C52H37N5OS. The molecule has 3 N–H and O–H groups in total. The van der Waals surface area contributed by atoms with Crippen molar-refractivity contribution in [2.75, 3.05) is 0 Å². The number of rotatable bonds is 7. The van der Waals surface area contributed by atoms with Crippen molar-refractivity contribution >= 4 is 63.8 Å². The van der Waals surface area contributed by atoms with Crippen molar-refractivity contribution in [1.82, 2.24) is 25.3 Å². The molecule has 0 unspecified atom stereocenters. The lowest BCUT2D eigenvalue weighted by atomic mass is 10.0. The maximum Gasteiger partial charge on any atom is 0.262 e. The van der Waals surface area contributed by atoms with Crippen molar-refractivity contribution in [1.29, 1.82) is 0 Å². The normalized spacial score (nSPS) is 11.7. The van der Waals surface area contributed by atoms with Gasteiger partial charge in [-0.25, -0.2) is 9.97 Å². The average Bonchev–Trinajstić information content (AvgIpc) is 4.13. The number of thiocarbonyl (C=S) groups is 1. The zero-order chi connectivity index (χ0) is 39.5. The summed E-state index contributed by atoms with van der Waals surface area (Å²) >= 11 is 5.55. The van der Waals surface area contributed by atoms with Crippen LogP contribution in [0, 0.1) is 0 Å². The van der Waals surface area contributed by atoms with Gasteiger partial charge in [-0.3, -0.25) is 0 Å². The predicted molar refractivity (Wildman–Crippen MR) is 247 cm³/mol. The van der Waals surface area contributed by atoms with E-state index in [1.807, 2.05) is 48.5 Å². The molecule has 3 aromatic heterocycles. The van der Waals surface area contributed by atoms with E-state index in [0.717, 1.165) is 94.9 Å². The van der Waals surface area contributed by atoms with Crippen molar-refractivity contribution in [3.05, 3.63) is 198 Å². The lowest BCUT2D eigenvalue weighted by molar-refractivity contribution is 0.531. The van der Waals surface area contributed by atoms with Gasteiger partial charge in [0, 0.05) is 50.9 Å². The van der Waals surface area contributed by atoms with Crippen LogP contribution in [0.25, 0.3) is 90.9 Å². The van der Waals surface area contributed by atoms with Crippen LogP contribution in [-0.2, 0) is 6.54 Å². The summed E-state index contributed by atoms with van der Waals surface area (Å²) in [5.41, 5.74) is 16.5. The van der Waals surface area contributed by atoms with Crippen LogP contribution in [-0.4, -0.2) is 25.1 Å². The first-order chi connectivity index (χ1) is 29.1. The third-order valence-electron chi connectivity index (χ3n) is 10.6. The Labute approximate surface area is 347 Å². The lowest BCUT2D eigenvalue weighted by Gasteiger charge is -2.11. The highest BCUT2D eigenvalue weighted by Gasteiger charge is 2.19. The Bertz CT molecular complexity index is 3020. The van der Waals surface area contributed by atoms with Gasteiger partial charge in [0.25, 0.3) is 5.17 Å². The van der Waals surface area contributed by atoms with Crippen LogP contribution in [0.1, 0.15) is 28.3 Å². The summed E-state index contributed by atoms with van der Waals surface area (Å²) in [6.07, 6.45) is 8.47. The molecule has 8 aromatic rings. The summed E-state index contributed by atoms with van der Waals surface area (Å²) in [6, 6.07) is 58.1. The molecule has 7 heteroatoms. The number of nitrogens with zero attached hydrogens (tertiary/aromatic N) is 2. The SMILES string of the molecule is S=C(NCc1ccccc1)Oc1ccc(-c2c3nc(c(-c4ccccc4)c4ccc([nH]4)c(-c4ccccc4)c4nc(c(-c5ccccc5)c5ccc2[nH]5)C=C4)C=C3)cc1. The number of benzene rings is 5. The Morgan fingerprint density at radius 1 is 0.424 bits per heavy atom. The molecule has 0 fully saturated rings. The Morgan fingerprint density at radius 3 is 1.14 bits per heavy atom. The molecule has 0 radical (unpaired) electrons. The van der Waals surface area contributed by atoms with E-state index in [1.54, 1.807) is 0 Å². The number of H-pyrrole nitrogens is 2. The fourth-order valence-corrected chi connectivity index (χ4v) is 8.01. The summed E-state index contributed by atoms with van der Waals surface area (Å²) in [5, 5.41) is 3.52. The van der Waals surface area contributed by atoms with Gasteiger partial charge in [0.15, 0.2) is 0 Å². The number of fused-ring (bicyclic) bond motifs is 8. The van der Waals surface area contributed by atoms with Gasteiger partial charge in [-0.1, -0.05) is 133 Å². The minimum atomic E-state index is 0.313. The predicted octanol–water partition coefficient (Wildman–Crippen LogP) is 12.8. The van der Waals surface area contributed by atoms with Gasteiger partial charge in [-0.05, 0) is 101 Å². The minimum absolute atomic E-state index is 0.313. The Balaban J connectivity index is 1.21. The second-order valence-corrected chi connectivity index (χ2v) is 14.7. The maximum atomic E-state index is 6.05. The van der Waals surface area contributed by atoms with E-state index >= 15 is 0 Å². The van der Waals surface area contributed by atoms with Crippen LogP contribution < -0.4 is 10.1 Å². The largest absolute Gasteiger partial charge is 0.432 e. The van der Waals surface area contributed by atoms with E-state index in [9.17, 15) is 0 Å². The van der Waals surface area contributed by atoms with Crippen LogP contribution in [0.5, 0.6) is 5.75 Å². The summed E-state index contributed by atoms with van der Waals surface area (Å²) in [5.74, 6) is 0.642. The molecule has 6 nitrogen and oxygen atoms in total. The quantitative estimate of drug-likeness (QED) is 0.140. The van der Waals surface area contributed by atoms with E-state index in [4.69, 9.17) is 26.9 Å². The molecule has 5 heterocycles. The van der Waals surface area contributed by atoms with Crippen molar-refractivity contribution in [3.8, 4) is 50.3 Å². The molecular weight excluding hydrogens is 743 g/mol. The van der Waals surface area contributed by atoms with Crippen LogP contribution in [0.2, 0.25) is 0 Å². The fourth-order valence-electron chi connectivity index (χ4n) is 7.84. The smallest absolute Gasteiger partial charge is 0.262 e. The summed E-state index contributed by atoms with van der Waals surface area (Å²) in [7, 11) is 0. The topological polar surface area (TPSA) is 78.6 Å². The molecule has 59 heavy (non-hydrogen) atoms. The van der Waals surface area contributed by atoms with Gasteiger partial charge in [0.1, 0.15) is 5.75 Å². The number of hydrogen-bond acceptors (Lipinski definition) is 4. The first-order valence-electron chi connectivity index (χ1n) is 19.6. The van der Waals surface area contributed by atoms with Gasteiger partial charge in [0.2, 0.25) is 0 Å². The molecule has 2 aliphatic rings. The molecule has 8 bridgehead atoms. The van der Waals surface area contributed by atoms with Gasteiger partial charge < -0.3 is 20.0 Å². The Morgan fingerprint density at radius 2 is 0.763 bits per heavy atom. The van der Waals surface area contributed by atoms with Gasteiger partial charge >= 0.3 is 0 Å². The molecule has 0 atom stereocenters. The van der Waals surface area contributed by atoms with Gasteiger partial charge in [-0.15, -0.1) is 0 Å². The van der Waals surface area contributed by atoms with Crippen molar-refractivity contribution < 1.29 is 4.74 Å². The van der Waals surface area contributed by atoms with E-state index < -0.39 is 0 Å². The number of nitrogens with one attached hydrogen (secondary N) is 3. The van der Waals surface area contributed by atoms with Crippen LogP contribution in [0.4, 0.5) is 0 Å². The zero-order valence-electron chi connectivity index (χ0n) is 31.9. The number of ether oxygens (including phenoxy) is 1. The van der Waals surface area contributed by atoms with Gasteiger partial charge in [0.05, 0.1) is 22.8 Å². The molecule has 0 aliphatic carbocycles. The van der Waals surface area contributed by atoms with E-state index in [1.165, 1.54) is 0 Å². The molecule has 0 saturated carbocycles. The third-order valence-corrected chi connectivity index (χ3v) is 10.8. The average molecular weight is 780 g/mol. The minimum Gasteiger partial charge on any atom is -0.432 e. The molecule has 0 spiro atoms.